The molecule has 0 bridgehead atoms. The number of anilines is 1. The monoisotopic (exact) mass is 231 g/mol. The molecule has 0 aliphatic rings. The second kappa shape index (κ2) is 4.49. The van der Waals surface area contributed by atoms with Gasteiger partial charge in [-0.25, -0.2) is 4.79 Å². The van der Waals surface area contributed by atoms with Crippen molar-refractivity contribution in [2.45, 2.75) is 26.3 Å². The topological polar surface area (TPSA) is 63.8 Å². The fourth-order valence-corrected chi connectivity index (χ4v) is 1.86. The van der Waals surface area contributed by atoms with Crippen molar-refractivity contribution >= 4 is 5.82 Å². The molecule has 0 saturated carbocycles. The number of nitrogens with two attached hydrogens (primary N) is 1. The summed E-state index contributed by atoms with van der Waals surface area (Å²) in [5.74, 6) is 0.758. The molecule has 1 aromatic carbocycles. The molecule has 0 fully saturated rings. The summed E-state index contributed by atoms with van der Waals surface area (Å²) in [7, 11) is 0. The first-order chi connectivity index (χ1) is 8.09. The lowest BCUT2D eigenvalue weighted by atomic mass is 10.1. The number of nitrogens with zero attached hydrogens (tertiary/aromatic N) is 1. The highest BCUT2D eigenvalue weighted by molar-refractivity contribution is 5.38. The minimum atomic E-state index is -0.143. The Morgan fingerprint density at radius 3 is 2.47 bits per heavy atom. The average Bonchev–Trinajstić information content (AvgIpc) is 2.58. The Hall–Kier alpha value is -1.97. The third-order valence-corrected chi connectivity index (χ3v) is 2.81. The van der Waals surface area contributed by atoms with E-state index in [1.165, 1.54) is 0 Å². The first-order valence-corrected chi connectivity index (χ1v) is 5.71. The minimum absolute atomic E-state index is 0.143. The van der Waals surface area contributed by atoms with Crippen molar-refractivity contribution in [1.29, 1.82) is 0 Å². The summed E-state index contributed by atoms with van der Waals surface area (Å²) < 4.78 is 1.57. The zero-order valence-electron chi connectivity index (χ0n) is 10.1. The van der Waals surface area contributed by atoms with Gasteiger partial charge in [-0.2, -0.15) is 0 Å². The lowest BCUT2D eigenvalue weighted by Crippen LogP contribution is -2.19. The van der Waals surface area contributed by atoms with Gasteiger partial charge in [0.05, 0.1) is 12.2 Å². The summed E-state index contributed by atoms with van der Waals surface area (Å²) in [6, 6.07) is 9.81. The average molecular weight is 231 g/mol. The summed E-state index contributed by atoms with van der Waals surface area (Å²) in [6.07, 6.45) is 0. The van der Waals surface area contributed by atoms with E-state index >= 15 is 0 Å². The van der Waals surface area contributed by atoms with Gasteiger partial charge < -0.3 is 10.7 Å². The maximum Gasteiger partial charge on any atom is 0.327 e. The number of imidazole rings is 1. The molecule has 17 heavy (non-hydrogen) atoms. The van der Waals surface area contributed by atoms with E-state index in [0.29, 0.717) is 12.4 Å². The molecule has 4 heteroatoms. The fourth-order valence-electron chi connectivity index (χ4n) is 1.86. The molecule has 2 rings (SSSR count). The quantitative estimate of drug-likeness (QED) is 0.847. The zero-order valence-corrected chi connectivity index (χ0v) is 10.1. The lowest BCUT2D eigenvalue weighted by molar-refractivity contribution is 0.771. The molecule has 3 N–H and O–H groups in total. The van der Waals surface area contributed by atoms with Crippen LogP contribution in [0.25, 0.3) is 0 Å². The predicted octanol–water partition coefficient (Wildman–Crippen LogP) is 1.93. The third kappa shape index (κ3) is 2.25. The van der Waals surface area contributed by atoms with E-state index in [2.05, 4.69) is 4.98 Å². The molecule has 0 aliphatic heterocycles. The van der Waals surface area contributed by atoms with Crippen molar-refractivity contribution in [3.63, 3.8) is 0 Å². The van der Waals surface area contributed by atoms with Gasteiger partial charge in [0, 0.05) is 0 Å². The Morgan fingerprint density at radius 2 is 1.94 bits per heavy atom. The van der Waals surface area contributed by atoms with Gasteiger partial charge in [-0.1, -0.05) is 44.2 Å². The molecule has 0 atom stereocenters. The van der Waals surface area contributed by atoms with Crippen LogP contribution in [0, 0.1) is 0 Å². The molecule has 0 unspecified atom stereocenters. The van der Waals surface area contributed by atoms with E-state index in [-0.39, 0.29) is 11.6 Å². The van der Waals surface area contributed by atoms with Gasteiger partial charge in [-0.3, -0.25) is 4.57 Å². The molecule has 0 saturated heterocycles. The largest absolute Gasteiger partial charge is 0.384 e. The second-order valence-corrected chi connectivity index (χ2v) is 4.46. The Bertz CT molecular complexity index is 552. The highest BCUT2D eigenvalue weighted by atomic mass is 16.1. The minimum Gasteiger partial charge on any atom is -0.384 e. The smallest absolute Gasteiger partial charge is 0.327 e. The molecule has 1 aromatic heterocycles. The van der Waals surface area contributed by atoms with Gasteiger partial charge in [-0.05, 0) is 11.5 Å². The van der Waals surface area contributed by atoms with Crippen LogP contribution in [-0.4, -0.2) is 9.55 Å². The van der Waals surface area contributed by atoms with E-state index < -0.39 is 0 Å². The van der Waals surface area contributed by atoms with Gasteiger partial charge in [-0.15, -0.1) is 0 Å². The maximum atomic E-state index is 11.8. The van der Waals surface area contributed by atoms with Crippen molar-refractivity contribution in [2.24, 2.45) is 0 Å². The van der Waals surface area contributed by atoms with Crippen molar-refractivity contribution in [1.82, 2.24) is 9.55 Å². The van der Waals surface area contributed by atoms with E-state index in [0.717, 1.165) is 11.3 Å². The van der Waals surface area contributed by atoms with Gasteiger partial charge in [0.25, 0.3) is 0 Å². The van der Waals surface area contributed by atoms with E-state index in [1.807, 2.05) is 44.2 Å². The van der Waals surface area contributed by atoms with Crippen LogP contribution in [0.3, 0.4) is 0 Å². The summed E-state index contributed by atoms with van der Waals surface area (Å²) in [6.45, 7) is 4.53. The molecule has 0 amide bonds. The molecule has 0 aliphatic carbocycles. The summed E-state index contributed by atoms with van der Waals surface area (Å²) >= 11 is 0. The van der Waals surface area contributed by atoms with Gasteiger partial charge in [0.2, 0.25) is 0 Å². The van der Waals surface area contributed by atoms with Crippen molar-refractivity contribution in [2.75, 3.05) is 5.73 Å². The Morgan fingerprint density at radius 1 is 1.29 bits per heavy atom. The van der Waals surface area contributed by atoms with Crippen molar-refractivity contribution in [3.05, 3.63) is 52.1 Å². The van der Waals surface area contributed by atoms with E-state index in [9.17, 15) is 4.79 Å². The lowest BCUT2D eigenvalue weighted by Gasteiger charge is -2.06. The SMILES string of the molecule is CC(C)c1[nH]c(=O)n(Cc2ccccc2)c1N. The molecule has 0 spiro atoms. The van der Waals surface area contributed by atoms with Gasteiger partial charge >= 0.3 is 5.69 Å². The highest BCUT2D eigenvalue weighted by Gasteiger charge is 2.13. The number of H-pyrrole nitrogens is 1. The molecule has 4 nitrogen and oxygen atoms in total. The van der Waals surface area contributed by atoms with Crippen LogP contribution in [0.2, 0.25) is 0 Å². The van der Waals surface area contributed by atoms with E-state index in [4.69, 9.17) is 5.73 Å². The van der Waals surface area contributed by atoms with Gasteiger partial charge in [0.15, 0.2) is 0 Å². The standard InChI is InChI=1S/C13H17N3O/c1-9(2)11-12(14)16(13(17)15-11)8-10-6-4-3-5-7-10/h3-7,9H,8,14H2,1-2H3,(H,15,17). The molecule has 2 aromatic rings. The number of nitrogens with one attached hydrogen (secondary N) is 1. The number of nitrogen functional groups attached to an aromatic ring is 1. The number of rotatable bonds is 3. The van der Waals surface area contributed by atoms with Gasteiger partial charge in [0.1, 0.15) is 5.82 Å². The van der Waals surface area contributed by atoms with Crippen LogP contribution in [0.15, 0.2) is 35.1 Å². The number of aromatic amines is 1. The van der Waals surface area contributed by atoms with Crippen LogP contribution in [0.5, 0.6) is 0 Å². The molecule has 1 heterocycles. The normalized spacial score (nSPS) is 11.0. The summed E-state index contributed by atoms with van der Waals surface area (Å²) in [5.41, 5.74) is 7.72. The molecule has 90 valence electrons. The van der Waals surface area contributed by atoms with Crippen molar-refractivity contribution in [3.8, 4) is 0 Å². The van der Waals surface area contributed by atoms with Crippen LogP contribution < -0.4 is 11.4 Å². The fraction of sp³-hybridized carbons (Fsp3) is 0.308. The highest BCUT2D eigenvalue weighted by Crippen LogP contribution is 2.18. The summed E-state index contributed by atoms with van der Waals surface area (Å²) in [5, 5.41) is 0. The maximum absolute atomic E-state index is 11.8. The Labute approximate surface area is 100 Å². The Balaban J connectivity index is 2.37. The predicted molar refractivity (Wildman–Crippen MR) is 69.1 cm³/mol. The van der Waals surface area contributed by atoms with E-state index in [1.54, 1.807) is 4.57 Å². The number of hydrogen-bond acceptors (Lipinski definition) is 2. The number of aromatic nitrogens is 2. The van der Waals surface area contributed by atoms with Crippen LogP contribution in [-0.2, 0) is 6.54 Å². The van der Waals surface area contributed by atoms with Crippen LogP contribution in [0.4, 0.5) is 5.82 Å². The molecule has 0 radical (unpaired) electrons. The third-order valence-electron chi connectivity index (χ3n) is 2.81. The first-order valence-electron chi connectivity index (χ1n) is 5.71. The van der Waals surface area contributed by atoms with Crippen molar-refractivity contribution < 1.29 is 0 Å². The second-order valence-electron chi connectivity index (χ2n) is 4.46. The summed E-state index contributed by atoms with van der Waals surface area (Å²) in [4.78, 5) is 14.6. The first kappa shape index (κ1) is 11.5. The molecular weight excluding hydrogens is 214 g/mol. The van der Waals surface area contributed by atoms with Crippen LogP contribution >= 0.6 is 0 Å². The Kier molecular flexibility index (Phi) is 3.04. The number of benzene rings is 1. The number of hydrogen-bond donors (Lipinski definition) is 2. The zero-order chi connectivity index (χ0) is 12.4. The molecular formula is C13H17N3O. The van der Waals surface area contributed by atoms with Crippen LogP contribution in [0.1, 0.15) is 31.0 Å².